The van der Waals surface area contributed by atoms with E-state index in [4.69, 9.17) is 9.47 Å². The van der Waals surface area contributed by atoms with Gasteiger partial charge in [-0.2, -0.15) is 0 Å². The molecule has 162 valence electrons. The summed E-state index contributed by atoms with van der Waals surface area (Å²) in [6, 6.07) is 14.9. The summed E-state index contributed by atoms with van der Waals surface area (Å²) in [6.07, 6.45) is 4.96. The lowest BCUT2D eigenvalue weighted by Gasteiger charge is -2.32. The van der Waals surface area contributed by atoms with Crippen LogP contribution in [-0.2, 0) is 11.2 Å². The van der Waals surface area contributed by atoms with Crippen molar-refractivity contribution in [3.8, 4) is 5.75 Å². The van der Waals surface area contributed by atoms with Crippen LogP contribution >= 0.6 is 0 Å². The number of ether oxygens (including phenoxy) is 2. The predicted octanol–water partition coefficient (Wildman–Crippen LogP) is 4.73. The number of aliphatic hydroxyl groups is 2. The van der Waals surface area contributed by atoms with Gasteiger partial charge in [0.1, 0.15) is 5.75 Å². The lowest BCUT2D eigenvalue weighted by molar-refractivity contribution is -0.113. The summed E-state index contributed by atoms with van der Waals surface area (Å²) in [5.41, 5.74) is 4.83. The maximum absolute atomic E-state index is 10.1. The SMILES string of the molecule is Cc1ccc(C2CC(O)CC(CO)O2)cc1Cc1ccc(OC2CCC(C)C2)cc1. The molecule has 5 unspecified atom stereocenters. The van der Waals surface area contributed by atoms with Crippen LogP contribution in [0.25, 0.3) is 0 Å². The Hall–Kier alpha value is -1.88. The molecular weight excluding hydrogens is 376 g/mol. The van der Waals surface area contributed by atoms with Crippen molar-refractivity contribution in [2.45, 2.75) is 76.8 Å². The quantitative estimate of drug-likeness (QED) is 0.723. The zero-order valence-corrected chi connectivity index (χ0v) is 18.1. The zero-order valence-electron chi connectivity index (χ0n) is 18.1. The minimum Gasteiger partial charge on any atom is -0.490 e. The molecule has 2 aliphatic rings. The van der Waals surface area contributed by atoms with Crippen molar-refractivity contribution >= 4 is 0 Å². The Kier molecular flexibility index (Phi) is 6.77. The van der Waals surface area contributed by atoms with Gasteiger partial charge in [0.05, 0.1) is 31.0 Å². The van der Waals surface area contributed by atoms with Crippen LogP contribution in [0.5, 0.6) is 5.75 Å². The smallest absolute Gasteiger partial charge is 0.119 e. The van der Waals surface area contributed by atoms with Crippen molar-refractivity contribution in [2.75, 3.05) is 6.61 Å². The fourth-order valence-electron chi connectivity index (χ4n) is 4.76. The van der Waals surface area contributed by atoms with E-state index in [-0.39, 0.29) is 18.8 Å². The summed E-state index contributed by atoms with van der Waals surface area (Å²) in [4.78, 5) is 0. The summed E-state index contributed by atoms with van der Waals surface area (Å²) in [7, 11) is 0. The molecule has 4 nitrogen and oxygen atoms in total. The largest absolute Gasteiger partial charge is 0.490 e. The second-order valence-corrected chi connectivity index (χ2v) is 9.22. The van der Waals surface area contributed by atoms with Gasteiger partial charge in [0.15, 0.2) is 0 Å². The number of rotatable bonds is 6. The molecule has 1 aliphatic heterocycles. The van der Waals surface area contributed by atoms with Gasteiger partial charge in [-0.1, -0.05) is 37.3 Å². The van der Waals surface area contributed by atoms with Gasteiger partial charge in [0.2, 0.25) is 0 Å². The van der Waals surface area contributed by atoms with Gasteiger partial charge in [0, 0.05) is 12.8 Å². The van der Waals surface area contributed by atoms with Crippen LogP contribution in [0.4, 0.5) is 0 Å². The third-order valence-corrected chi connectivity index (χ3v) is 6.59. The van der Waals surface area contributed by atoms with Crippen molar-refractivity contribution in [3.05, 3.63) is 64.7 Å². The highest BCUT2D eigenvalue weighted by Gasteiger charge is 2.29. The van der Waals surface area contributed by atoms with Crippen molar-refractivity contribution in [2.24, 2.45) is 5.92 Å². The fourth-order valence-corrected chi connectivity index (χ4v) is 4.76. The van der Waals surface area contributed by atoms with Crippen LogP contribution in [0.2, 0.25) is 0 Å². The van der Waals surface area contributed by atoms with E-state index in [1.807, 2.05) is 0 Å². The van der Waals surface area contributed by atoms with Crippen LogP contribution in [0, 0.1) is 12.8 Å². The normalized spacial score (nSPS) is 29.1. The molecule has 0 radical (unpaired) electrons. The summed E-state index contributed by atoms with van der Waals surface area (Å²) in [6.45, 7) is 4.37. The average molecular weight is 411 g/mol. The van der Waals surface area contributed by atoms with E-state index in [0.717, 1.165) is 36.5 Å². The first-order chi connectivity index (χ1) is 14.5. The number of hydrogen-bond acceptors (Lipinski definition) is 4. The Labute approximate surface area is 179 Å². The molecule has 1 aliphatic carbocycles. The molecule has 1 saturated carbocycles. The second-order valence-electron chi connectivity index (χ2n) is 9.22. The van der Waals surface area contributed by atoms with Crippen LogP contribution in [0.1, 0.15) is 67.4 Å². The molecule has 2 aromatic carbocycles. The lowest BCUT2D eigenvalue weighted by atomic mass is 9.92. The highest BCUT2D eigenvalue weighted by Crippen LogP contribution is 2.33. The fraction of sp³-hybridized carbons (Fsp3) is 0.538. The third kappa shape index (κ3) is 5.23. The van der Waals surface area contributed by atoms with Crippen LogP contribution in [0.15, 0.2) is 42.5 Å². The number of benzene rings is 2. The number of aryl methyl sites for hydroxylation is 1. The molecule has 0 spiro atoms. The monoisotopic (exact) mass is 410 g/mol. The van der Waals surface area contributed by atoms with E-state index in [9.17, 15) is 10.2 Å². The van der Waals surface area contributed by atoms with Gasteiger partial charge in [-0.25, -0.2) is 0 Å². The first-order valence-corrected chi connectivity index (χ1v) is 11.3. The predicted molar refractivity (Wildman–Crippen MR) is 118 cm³/mol. The number of hydrogen-bond donors (Lipinski definition) is 2. The Bertz CT molecular complexity index is 831. The van der Waals surface area contributed by atoms with E-state index in [1.165, 1.54) is 23.1 Å². The molecular formula is C26H34O4. The van der Waals surface area contributed by atoms with Crippen molar-refractivity contribution in [1.82, 2.24) is 0 Å². The maximum atomic E-state index is 10.1. The molecule has 0 aromatic heterocycles. The van der Waals surface area contributed by atoms with Crippen LogP contribution < -0.4 is 4.74 Å². The van der Waals surface area contributed by atoms with Crippen LogP contribution in [-0.4, -0.2) is 35.1 Å². The molecule has 2 N–H and O–H groups in total. The standard InChI is InChI=1S/C26H34O4/c1-17-3-8-24(11-17)29-23-9-5-19(6-10-23)12-21-13-20(7-4-18(21)2)26-15-22(28)14-25(16-27)30-26/h4-7,9-10,13,17,22,24-28H,3,8,11-12,14-16H2,1-2H3. The Balaban J connectivity index is 1.43. The van der Waals surface area contributed by atoms with Crippen molar-refractivity contribution in [3.63, 3.8) is 0 Å². The highest BCUT2D eigenvalue weighted by atomic mass is 16.5. The molecule has 4 heteroatoms. The summed E-state index contributed by atoms with van der Waals surface area (Å²) in [5.74, 6) is 1.73. The third-order valence-electron chi connectivity index (χ3n) is 6.59. The van der Waals surface area contributed by atoms with Gasteiger partial charge >= 0.3 is 0 Å². The molecule has 2 fully saturated rings. The molecule has 0 bridgehead atoms. The first kappa shape index (κ1) is 21.4. The van der Waals surface area contributed by atoms with E-state index in [0.29, 0.717) is 18.9 Å². The summed E-state index contributed by atoms with van der Waals surface area (Å²) in [5, 5.41) is 19.6. The minimum atomic E-state index is -0.430. The Morgan fingerprint density at radius 1 is 1.03 bits per heavy atom. The Morgan fingerprint density at radius 2 is 1.83 bits per heavy atom. The molecule has 2 aromatic rings. The topological polar surface area (TPSA) is 58.9 Å². The van der Waals surface area contributed by atoms with Gasteiger partial charge in [-0.05, 0) is 72.9 Å². The molecule has 1 heterocycles. The molecule has 4 rings (SSSR count). The van der Waals surface area contributed by atoms with Crippen molar-refractivity contribution in [1.29, 1.82) is 0 Å². The minimum absolute atomic E-state index is 0.0551. The molecule has 1 saturated heterocycles. The highest BCUT2D eigenvalue weighted by molar-refractivity contribution is 5.38. The Morgan fingerprint density at radius 3 is 2.53 bits per heavy atom. The second kappa shape index (κ2) is 9.51. The maximum Gasteiger partial charge on any atom is 0.119 e. The summed E-state index contributed by atoms with van der Waals surface area (Å²) >= 11 is 0. The van der Waals surface area contributed by atoms with Gasteiger partial charge in [-0.15, -0.1) is 0 Å². The van der Waals surface area contributed by atoms with Gasteiger partial charge in [-0.3, -0.25) is 0 Å². The van der Waals surface area contributed by atoms with Crippen molar-refractivity contribution < 1.29 is 19.7 Å². The zero-order chi connectivity index (χ0) is 21.1. The molecule has 0 amide bonds. The molecule has 5 atom stereocenters. The lowest BCUT2D eigenvalue weighted by Crippen LogP contribution is -2.33. The number of aliphatic hydroxyl groups excluding tert-OH is 2. The molecule has 30 heavy (non-hydrogen) atoms. The van der Waals surface area contributed by atoms with E-state index < -0.39 is 6.10 Å². The van der Waals surface area contributed by atoms with Gasteiger partial charge in [0.25, 0.3) is 0 Å². The van der Waals surface area contributed by atoms with E-state index in [1.54, 1.807) is 0 Å². The van der Waals surface area contributed by atoms with E-state index >= 15 is 0 Å². The van der Waals surface area contributed by atoms with Gasteiger partial charge < -0.3 is 19.7 Å². The summed E-state index contributed by atoms with van der Waals surface area (Å²) < 4.78 is 12.1. The van der Waals surface area contributed by atoms with E-state index in [2.05, 4.69) is 56.3 Å². The van der Waals surface area contributed by atoms with Crippen LogP contribution in [0.3, 0.4) is 0 Å². The first-order valence-electron chi connectivity index (χ1n) is 11.3. The average Bonchev–Trinajstić information content (AvgIpc) is 3.15.